The van der Waals surface area contributed by atoms with Crippen LogP contribution >= 0.6 is 107 Å². The molecule has 0 saturated heterocycles. The molecule has 6 heterocycles. The lowest BCUT2D eigenvalue weighted by atomic mass is 10.0. The Balaban J connectivity index is 0.000000164. The second kappa shape index (κ2) is 34.6. The molecule has 6 aromatic carbocycles. The molecule has 0 atom stereocenters. The number of carbonyl (C=O) groups is 6. The molecule has 0 amide bonds. The standard InChI is InChI=1S/C14H14O2S.2C13H12O2S.C12H9BrO2S.2C12H9ClO2S/c1-8-4-5-11(6-9(8)2)14-13(16)12(7-17-14)10(3)15;2*1-8-3-5-10(6-4-8)13-12(15)11(7-16-13)9(2)14;2*1-7(14)10-6-16-12(11(10)15)8-2-4-9(13)5-3-8;1-7(14)10-6-16-12(11(10)15)8-3-2-4-9(13)5-8/h4-7,16H,1-3H3;2*3-7,15H,1-2H3;3*2-6,15H,1H3. The SMILES string of the molecule is CC(=O)c1csc(-c2ccc(Br)cc2)c1O.CC(=O)c1csc(-c2ccc(C)c(C)c2)c1O.CC(=O)c1csc(-c2ccc(C)cc2)c1O.CC(=O)c1csc(-c2ccc(C)cc2)c1O.CC(=O)c1csc(-c2ccc(Cl)cc2)c1O.CC(=O)c1csc(-c2cccc(Cl)c2)c1O. The Morgan fingerprint density at radius 2 is 0.546 bits per heavy atom. The van der Waals surface area contributed by atoms with Gasteiger partial charge in [-0.05, 0) is 150 Å². The summed E-state index contributed by atoms with van der Waals surface area (Å²) in [5.41, 5.74) is 12.5. The molecule has 0 unspecified atom stereocenters. The van der Waals surface area contributed by atoms with Crippen LogP contribution in [0.2, 0.25) is 10.0 Å². The Bertz CT molecular complexity index is 4400. The predicted molar refractivity (Wildman–Crippen MR) is 405 cm³/mol. The highest BCUT2D eigenvalue weighted by atomic mass is 79.9. The van der Waals surface area contributed by atoms with Crippen LogP contribution < -0.4 is 0 Å². The fourth-order valence-corrected chi connectivity index (χ4v) is 15.6. The molecular weight excluding hydrogens is 1450 g/mol. The summed E-state index contributed by atoms with van der Waals surface area (Å²) >= 11 is 23.3. The smallest absolute Gasteiger partial charge is 0.164 e. The summed E-state index contributed by atoms with van der Waals surface area (Å²) in [5.74, 6) is -0.214. The summed E-state index contributed by atoms with van der Waals surface area (Å²) in [7, 11) is 0. The molecule has 0 fully saturated rings. The number of carbonyl (C=O) groups excluding carboxylic acids is 6. The van der Waals surface area contributed by atoms with Crippen molar-refractivity contribution in [3.63, 3.8) is 0 Å². The van der Waals surface area contributed by atoms with Crippen molar-refractivity contribution >= 4 is 142 Å². The zero-order chi connectivity index (χ0) is 71.1. The summed E-state index contributed by atoms with van der Waals surface area (Å²) in [6.07, 6.45) is 0. The van der Waals surface area contributed by atoms with E-state index in [1.54, 1.807) is 56.5 Å². The average Bonchev–Trinajstić information content (AvgIpc) is 1.88. The third-order valence-corrected chi connectivity index (χ3v) is 21.7. The van der Waals surface area contributed by atoms with Crippen molar-refractivity contribution in [2.75, 3.05) is 0 Å². The second-order valence-electron chi connectivity index (χ2n) is 21.9. The van der Waals surface area contributed by atoms with E-state index in [2.05, 4.69) is 15.9 Å². The monoisotopic (exact) mass is 1510 g/mol. The summed E-state index contributed by atoms with van der Waals surface area (Å²) < 4.78 is 0.985. The third kappa shape index (κ3) is 19.6. The molecule has 6 N–H and O–H groups in total. The van der Waals surface area contributed by atoms with Gasteiger partial charge in [-0.25, -0.2) is 0 Å². The molecule has 0 aliphatic heterocycles. The Morgan fingerprint density at radius 1 is 0.299 bits per heavy atom. The van der Waals surface area contributed by atoms with E-state index in [1.807, 2.05) is 143 Å². The van der Waals surface area contributed by atoms with Gasteiger partial charge in [0.1, 0.15) is 34.5 Å². The van der Waals surface area contributed by atoms with Gasteiger partial charge in [-0.3, -0.25) is 28.8 Å². The first-order valence-electron chi connectivity index (χ1n) is 29.3. The molecule has 0 aliphatic rings. The van der Waals surface area contributed by atoms with E-state index in [0.29, 0.717) is 53.2 Å². The van der Waals surface area contributed by atoms with Gasteiger partial charge in [-0.2, -0.15) is 0 Å². The molecule has 12 rings (SSSR count). The van der Waals surface area contributed by atoms with Gasteiger partial charge in [0.15, 0.2) is 34.7 Å². The Kier molecular flexibility index (Phi) is 27.0. The Hall–Kier alpha value is -8.60. The predicted octanol–water partition coefficient (Wildman–Crippen LogP) is 23.2. The third-order valence-electron chi connectivity index (χ3n) is 14.6. The van der Waals surface area contributed by atoms with Gasteiger partial charge in [0.05, 0.1) is 62.6 Å². The summed E-state index contributed by atoms with van der Waals surface area (Å²) in [4.78, 5) is 71.7. The normalized spacial score (nSPS) is 10.4. The maximum absolute atomic E-state index is 11.3. The molecule has 0 spiro atoms. The number of halogens is 3. The molecule has 0 saturated carbocycles. The van der Waals surface area contributed by atoms with Crippen LogP contribution in [0.3, 0.4) is 0 Å². The molecule has 97 heavy (non-hydrogen) atoms. The number of thiophene rings is 6. The minimum Gasteiger partial charge on any atom is -0.506 e. The van der Waals surface area contributed by atoms with Crippen LogP contribution in [-0.4, -0.2) is 65.3 Å². The lowest BCUT2D eigenvalue weighted by Crippen LogP contribution is -1.88. The maximum atomic E-state index is 11.3. The molecule has 12 aromatic rings. The number of hydrogen-bond acceptors (Lipinski definition) is 18. The molecule has 0 aliphatic carbocycles. The number of Topliss-reactive ketones (excluding diaryl/α,β-unsaturated/α-hetero) is 6. The highest BCUT2D eigenvalue weighted by molar-refractivity contribution is 9.10. The number of ketones is 6. The Labute approximate surface area is 604 Å². The highest BCUT2D eigenvalue weighted by Gasteiger charge is 2.21. The fourth-order valence-electron chi connectivity index (χ4n) is 8.96. The molecule has 498 valence electrons. The summed E-state index contributed by atoms with van der Waals surface area (Å²) in [6, 6.07) is 43.7. The molecule has 6 aromatic heterocycles. The van der Waals surface area contributed by atoms with E-state index >= 15 is 0 Å². The number of benzene rings is 6. The van der Waals surface area contributed by atoms with Crippen molar-refractivity contribution in [1.82, 2.24) is 0 Å². The van der Waals surface area contributed by atoms with Crippen molar-refractivity contribution in [2.45, 2.75) is 69.2 Å². The fraction of sp³-hybridized carbons (Fsp3) is 0.132. The number of aryl methyl sites for hydroxylation is 4. The van der Waals surface area contributed by atoms with Gasteiger partial charge in [0.2, 0.25) is 0 Å². The maximum Gasteiger partial charge on any atom is 0.164 e. The van der Waals surface area contributed by atoms with Gasteiger partial charge in [0.25, 0.3) is 0 Å². The zero-order valence-electron chi connectivity index (χ0n) is 54.0. The lowest BCUT2D eigenvalue weighted by Gasteiger charge is -2.04. The molecule has 21 heteroatoms. The first-order chi connectivity index (χ1) is 46.0. The van der Waals surface area contributed by atoms with Crippen LogP contribution in [0.4, 0.5) is 0 Å². The lowest BCUT2D eigenvalue weighted by molar-refractivity contribution is 0.100. The van der Waals surface area contributed by atoms with E-state index in [9.17, 15) is 59.4 Å². The van der Waals surface area contributed by atoms with Crippen LogP contribution in [0.15, 0.2) is 176 Å². The van der Waals surface area contributed by atoms with Crippen molar-refractivity contribution in [1.29, 1.82) is 0 Å². The Morgan fingerprint density at radius 3 is 0.804 bits per heavy atom. The van der Waals surface area contributed by atoms with Crippen molar-refractivity contribution in [2.24, 2.45) is 0 Å². The second-order valence-corrected chi connectivity index (χ2v) is 28.9. The van der Waals surface area contributed by atoms with Crippen molar-refractivity contribution in [3.8, 4) is 97.1 Å². The van der Waals surface area contributed by atoms with E-state index in [0.717, 1.165) is 57.4 Å². The minimum atomic E-state index is -0.137. The van der Waals surface area contributed by atoms with Crippen LogP contribution in [0.25, 0.3) is 62.6 Å². The highest BCUT2D eigenvalue weighted by Crippen LogP contribution is 2.44. The first kappa shape index (κ1) is 75.8. The zero-order valence-corrected chi connectivity index (χ0v) is 62.0. The number of aromatic hydroxyl groups is 6. The largest absolute Gasteiger partial charge is 0.506 e. The molecule has 0 radical (unpaired) electrons. The molecular formula is C76H65BrCl2O12S6. The van der Waals surface area contributed by atoms with Crippen molar-refractivity contribution < 1.29 is 59.4 Å². The van der Waals surface area contributed by atoms with Gasteiger partial charge in [-0.1, -0.05) is 153 Å². The van der Waals surface area contributed by atoms with Gasteiger partial charge in [-0.15, -0.1) is 68.0 Å². The number of rotatable bonds is 12. The van der Waals surface area contributed by atoms with Crippen LogP contribution in [0.1, 0.15) is 126 Å². The van der Waals surface area contributed by atoms with Gasteiger partial charge < -0.3 is 30.6 Å². The average molecular weight is 1510 g/mol. The van der Waals surface area contributed by atoms with E-state index in [1.165, 1.54) is 132 Å². The van der Waals surface area contributed by atoms with Crippen LogP contribution in [0.5, 0.6) is 34.5 Å². The van der Waals surface area contributed by atoms with E-state index < -0.39 is 0 Å². The molecule has 0 bridgehead atoms. The first-order valence-corrected chi connectivity index (χ1v) is 36.2. The van der Waals surface area contributed by atoms with Crippen molar-refractivity contribution in [3.05, 3.63) is 242 Å². The summed E-state index contributed by atoms with van der Waals surface area (Å²) in [6.45, 7) is 16.8. The van der Waals surface area contributed by atoms with Crippen LogP contribution in [0, 0.1) is 27.7 Å². The quantitative estimate of drug-likeness (QED) is 0.0629. The van der Waals surface area contributed by atoms with Gasteiger partial charge in [0, 0.05) is 46.8 Å². The van der Waals surface area contributed by atoms with E-state index in [4.69, 9.17) is 23.2 Å². The molecule has 12 nitrogen and oxygen atoms in total. The number of hydrogen-bond donors (Lipinski definition) is 6. The van der Waals surface area contributed by atoms with Crippen LogP contribution in [-0.2, 0) is 0 Å². The minimum absolute atomic E-state index is 0.0415. The van der Waals surface area contributed by atoms with Gasteiger partial charge >= 0.3 is 0 Å². The van der Waals surface area contributed by atoms with E-state index in [-0.39, 0.29) is 69.2 Å². The summed E-state index contributed by atoms with van der Waals surface area (Å²) in [5, 5.41) is 70.9. The topological polar surface area (TPSA) is 224 Å².